The molecule has 1 aromatic carbocycles. The molecule has 0 aromatic heterocycles. The maximum absolute atomic E-state index is 5.81. The van der Waals surface area contributed by atoms with Crippen molar-refractivity contribution in [2.24, 2.45) is 5.73 Å². The van der Waals surface area contributed by atoms with Gasteiger partial charge in [-0.1, -0.05) is 19.1 Å². The summed E-state index contributed by atoms with van der Waals surface area (Å²) in [5.41, 5.74) is 8.22. The Balaban J connectivity index is 2.58. The van der Waals surface area contributed by atoms with Crippen molar-refractivity contribution in [1.29, 1.82) is 0 Å². The van der Waals surface area contributed by atoms with Crippen molar-refractivity contribution in [3.8, 4) is 0 Å². The number of thioether (sulfide) groups is 1. The van der Waals surface area contributed by atoms with Gasteiger partial charge in [0.1, 0.15) is 5.69 Å². The van der Waals surface area contributed by atoms with Crippen LogP contribution in [-0.2, 0) is 6.42 Å². The van der Waals surface area contributed by atoms with Gasteiger partial charge in [-0.2, -0.15) is 0 Å². The van der Waals surface area contributed by atoms with Gasteiger partial charge in [-0.3, -0.25) is 5.73 Å². The smallest absolute Gasteiger partial charge is 0.307 e. The first-order valence-corrected chi connectivity index (χ1v) is 6.86. The van der Waals surface area contributed by atoms with Crippen molar-refractivity contribution in [3.05, 3.63) is 29.8 Å². The van der Waals surface area contributed by atoms with Gasteiger partial charge in [0.2, 0.25) is 0 Å². The molecule has 1 aromatic rings. The van der Waals surface area contributed by atoms with Crippen LogP contribution in [0.4, 0.5) is 5.69 Å². The van der Waals surface area contributed by atoms with Crippen molar-refractivity contribution >= 4 is 22.6 Å². The van der Waals surface area contributed by atoms with Crippen LogP contribution in [-0.4, -0.2) is 36.5 Å². The highest BCUT2D eigenvalue weighted by atomic mass is 32.2. The molecule has 0 saturated carbocycles. The zero-order valence-electron chi connectivity index (χ0n) is 10.9. The van der Waals surface area contributed by atoms with E-state index >= 15 is 0 Å². The van der Waals surface area contributed by atoms with Gasteiger partial charge in [0.25, 0.3) is 0 Å². The highest BCUT2D eigenvalue weighted by Gasteiger charge is 2.00. The fourth-order valence-electron chi connectivity index (χ4n) is 1.44. The second-order valence-electron chi connectivity index (χ2n) is 4.17. The predicted molar refractivity (Wildman–Crippen MR) is 76.6 cm³/mol. The van der Waals surface area contributed by atoms with Gasteiger partial charge in [-0.25, -0.2) is 4.99 Å². The summed E-state index contributed by atoms with van der Waals surface area (Å²) in [7, 11) is 4.18. The highest BCUT2D eigenvalue weighted by Crippen LogP contribution is 2.05. The Labute approximate surface area is 108 Å². The monoisotopic (exact) mass is 252 g/mol. The third-order valence-electron chi connectivity index (χ3n) is 2.37. The zero-order valence-corrected chi connectivity index (χ0v) is 11.7. The summed E-state index contributed by atoms with van der Waals surface area (Å²) in [6.07, 6.45) is 1.08. The standard InChI is InChI=1S/C13H21N3S/c1-4-17-13(14)15-12-7-5-11(6-8-12)9-10-16(2)3/h5-8H,4,9-10H2,1-3H3,(H2,14,15)/p+1. The molecule has 0 aliphatic rings. The van der Waals surface area contributed by atoms with Gasteiger partial charge >= 0.3 is 5.17 Å². The fraction of sp³-hybridized carbons (Fsp3) is 0.462. The minimum atomic E-state index is 0.758. The number of likely N-dealkylation sites (N-methyl/N-ethyl adjacent to an activating group) is 1. The lowest BCUT2D eigenvalue weighted by Crippen LogP contribution is -2.68. The van der Waals surface area contributed by atoms with Crippen molar-refractivity contribution < 1.29 is 4.99 Å². The quantitative estimate of drug-likeness (QED) is 0.595. The Kier molecular flexibility index (Phi) is 6.08. The Bertz CT molecular complexity index is 357. The lowest BCUT2D eigenvalue weighted by atomic mass is 10.1. The van der Waals surface area contributed by atoms with E-state index < -0.39 is 0 Å². The summed E-state index contributed by atoms with van der Waals surface area (Å²) in [6, 6.07) is 8.45. The largest absolute Gasteiger partial charge is 0.309 e. The molecule has 3 N–H and O–H groups in total. The van der Waals surface area contributed by atoms with Crippen molar-refractivity contribution in [2.45, 2.75) is 13.3 Å². The van der Waals surface area contributed by atoms with Gasteiger partial charge in [0.05, 0.1) is 0 Å². The first kappa shape index (κ1) is 14.1. The normalized spacial score (nSPS) is 12.1. The second-order valence-corrected chi connectivity index (χ2v) is 5.48. The van der Waals surface area contributed by atoms with Gasteiger partial charge in [-0.05, 0) is 50.0 Å². The molecule has 0 bridgehead atoms. The molecule has 94 valence electrons. The van der Waals surface area contributed by atoms with Gasteiger partial charge in [-0.15, -0.1) is 0 Å². The van der Waals surface area contributed by atoms with Crippen molar-refractivity contribution in [2.75, 3.05) is 26.4 Å². The number of rotatable bonds is 5. The predicted octanol–water partition coefficient (Wildman–Crippen LogP) is 0.571. The van der Waals surface area contributed by atoms with Crippen molar-refractivity contribution in [1.82, 2.24) is 4.90 Å². The molecule has 0 aliphatic carbocycles. The van der Waals surface area contributed by atoms with Gasteiger partial charge in [0.15, 0.2) is 0 Å². The highest BCUT2D eigenvalue weighted by molar-refractivity contribution is 8.13. The SMILES string of the molecule is CCSC(N)=[NH+]c1ccc(CCN(C)C)cc1. The first-order valence-electron chi connectivity index (χ1n) is 5.87. The Morgan fingerprint density at radius 2 is 1.94 bits per heavy atom. The van der Waals surface area contributed by atoms with E-state index in [9.17, 15) is 0 Å². The van der Waals surface area contributed by atoms with Gasteiger partial charge < -0.3 is 4.90 Å². The molecule has 1 rings (SSSR count). The van der Waals surface area contributed by atoms with Crippen LogP contribution in [0.3, 0.4) is 0 Å². The number of nitrogens with two attached hydrogens (primary N) is 1. The number of nitrogens with zero attached hydrogens (tertiary/aromatic N) is 1. The number of amidine groups is 1. The van der Waals surface area contributed by atoms with E-state index in [1.54, 1.807) is 11.8 Å². The minimum absolute atomic E-state index is 0.758. The molecule has 4 heteroatoms. The molecular formula is C13H22N3S+. The van der Waals surface area contributed by atoms with Gasteiger partial charge in [0, 0.05) is 12.3 Å². The molecule has 0 aliphatic heterocycles. The maximum Gasteiger partial charge on any atom is 0.307 e. The van der Waals surface area contributed by atoms with Crippen LogP contribution in [0.1, 0.15) is 12.5 Å². The van der Waals surface area contributed by atoms with Crippen molar-refractivity contribution in [3.63, 3.8) is 0 Å². The topological polar surface area (TPSA) is 43.2 Å². The molecule has 3 nitrogen and oxygen atoms in total. The summed E-state index contributed by atoms with van der Waals surface area (Å²) < 4.78 is 0. The van der Waals surface area contributed by atoms with E-state index in [-0.39, 0.29) is 0 Å². The van der Waals surface area contributed by atoms with Crippen LogP contribution in [0.2, 0.25) is 0 Å². The summed E-state index contributed by atoms with van der Waals surface area (Å²) in [6.45, 7) is 3.16. The van der Waals surface area contributed by atoms with Crippen LogP contribution in [0, 0.1) is 0 Å². The molecule has 0 unspecified atom stereocenters. The molecule has 0 amide bonds. The molecule has 0 heterocycles. The molecule has 0 spiro atoms. The average Bonchev–Trinajstić information content (AvgIpc) is 2.28. The van der Waals surface area contributed by atoms with E-state index in [4.69, 9.17) is 5.73 Å². The number of hydrogen-bond donors (Lipinski definition) is 2. The summed E-state index contributed by atoms with van der Waals surface area (Å²) in [5.74, 6) is 0.986. The van der Waals surface area contributed by atoms with E-state index in [2.05, 4.69) is 55.2 Å². The van der Waals surface area contributed by atoms with E-state index in [0.717, 1.165) is 29.6 Å². The Morgan fingerprint density at radius 1 is 1.29 bits per heavy atom. The lowest BCUT2D eigenvalue weighted by Gasteiger charge is -2.08. The minimum Gasteiger partial charge on any atom is -0.309 e. The zero-order chi connectivity index (χ0) is 12.7. The van der Waals surface area contributed by atoms with E-state index in [1.807, 2.05) is 0 Å². The summed E-state index contributed by atoms with van der Waals surface area (Å²) >= 11 is 1.62. The van der Waals surface area contributed by atoms with E-state index in [0.29, 0.717) is 0 Å². The van der Waals surface area contributed by atoms with Crippen LogP contribution < -0.4 is 10.7 Å². The van der Waals surface area contributed by atoms with Crippen LogP contribution in [0.5, 0.6) is 0 Å². The summed E-state index contributed by atoms with van der Waals surface area (Å²) in [5, 5.41) is 0.758. The van der Waals surface area contributed by atoms with Crippen LogP contribution in [0.15, 0.2) is 24.3 Å². The fourth-order valence-corrected chi connectivity index (χ4v) is 1.94. The molecule has 0 radical (unpaired) electrons. The number of nitrogens with one attached hydrogen (secondary N) is 1. The van der Waals surface area contributed by atoms with Crippen LogP contribution in [0.25, 0.3) is 0 Å². The molecule has 0 saturated heterocycles. The second kappa shape index (κ2) is 7.35. The lowest BCUT2D eigenvalue weighted by molar-refractivity contribution is -0.351. The number of hydrogen-bond acceptors (Lipinski definition) is 2. The first-order chi connectivity index (χ1) is 8.11. The van der Waals surface area contributed by atoms with Crippen LogP contribution >= 0.6 is 11.8 Å². The maximum atomic E-state index is 5.81. The average molecular weight is 252 g/mol. The Hall–Kier alpha value is -1.00. The molecule has 17 heavy (non-hydrogen) atoms. The molecule has 0 fully saturated rings. The third kappa shape index (κ3) is 5.75. The Morgan fingerprint density at radius 3 is 2.47 bits per heavy atom. The number of benzene rings is 1. The van der Waals surface area contributed by atoms with E-state index in [1.165, 1.54) is 5.56 Å². The molecular weight excluding hydrogens is 230 g/mol. The molecule has 0 atom stereocenters. The summed E-state index contributed by atoms with van der Waals surface area (Å²) in [4.78, 5) is 5.37. The third-order valence-corrected chi connectivity index (χ3v) is 3.07.